The zero-order chi connectivity index (χ0) is 13.9. The molecular weight excluding hydrogens is 272 g/mol. The van der Waals surface area contributed by atoms with Crippen LogP contribution < -0.4 is 10.1 Å². The SMILES string of the molecule is COc1ccc(Cl)c(NCc2cccc3[nH]ccc23)c1. The van der Waals surface area contributed by atoms with Crippen molar-refractivity contribution >= 4 is 28.2 Å². The average Bonchev–Trinajstić information content (AvgIpc) is 2.95. The van der Waals surface area contributed by atoms with Crippen LogP contribution in [0.5, 0.6) is 5.75 Å². The normalized spacial score (nSPS) is 10.7. The van der Waals surface area contributed by atoms with Crippen molar-refractivity contribution in [3.8, 4) is 5.75 Å². The number of hydrogen-bond acceptors (Lipinski definition) is 2. The number of aromatic nitrogens is 1. The van der Waals surface area contributed by atoms with Crippen LogP contribution in [0, 0.1) is 0 Å². The van der Waals surface area contributed by atoms with Gasteiger partial charge in [0, 0.05) is 29.7 Å². The van der Waals surface area contributed by atoms with E-state index in [4.69, 9.17) is 16.3 Å². The van der Waals surface area contributed by atoms with Crippen LogP contribution in [-0.2, 0) is 6.54 Å². The molecule has 0 aliphatic rings. The van der Waals surface area contributed by atoms with Gasteiger partial charge in [-0.1, -0.05) is 23.7 Å². The van der Waals surface area contributed by atoms with Crippen LogP contribution in [0.3, 0.4) is 0 Å². The summed E-state index contributed by atoms with van der Waals surface area (Å²) in [5.41, 5.74) is 3.24. The molecule has 0 saturated heterocycles. The third kappa shape index (κ3) is 2.45. The monoisotopic (exact) mass is 286 g/mol. The Morgan fingerprint density at radius 2 is 2.10 bits per heavy atom. The first-order valence-electron chi connectivity index (χ1n) is 6.40. The fourth-order valence-electron chi connectivity index (χ4n) is 2.26. The molecule has 0 saturated carbocycles. The van der Waals surface area contributed by atoms with Crippen molar-refractivity contribution in [3.05, 3.63) is 59.2 Å². The highest BCUT2D eigenvalue weighted by Gasteiger charge is 2.05. The van der Waals surface area contributed by atoms with Crippen LogP contribution in [0.2, 0.25) is 5.02 Å². The number of hydrogen-bond donors (Lipinski definition) is 2. The number of rotatable bonds is 4. The molecule has 20 heavy (non-hydrogen) atoms. The van der Waals surface area contributed by atoms with E-state index in [1.807, 2.05) is 30.5 Å². The van der Waals surface area contributed by atoms with Gasteiger partial charge in [-0.05, 0) is 29.8 Å². The number of nitrogens with one attached hydrogen (secondary N) is 2. The third-order valence-electron chi connectivity index (χ3n) is 3.33. The molecule has 3 nitrogen and oxygen atoms in total. The third-order valence-corrected chi connectivity index (χ3v) is 3.66. The van der Waals surface area contributed by atoms with Gasteiger partial charge in [0.05, 0.1) is 17.8 Å². The van der Waals surface area contributed by atoms with Crippen LogP contribution in [-0.4, -0.2) is 12.1 Å². The predicted octanol–water partition coefficient (Wildman–Crippen LogP) is 4.44. The molecule has 1 aromatic heterocycles. The number of H-pyrrole nitrogens is 1. The van der Waals surface area contributed by atoms with Gasteiger partial charge in [0.25, 0.3) is 0 Å². The highest BCUT2D eigenvalue weighted by molar-refractivity contribution is 6.33. The molecule has 3 rings (SSSR count). The van der Waals surface area contributed by atoms with Crippen molar-refractivity contribution in [1.82, 2.24) is 4.98 Å². The van der Waals surface area contributed by atoms with E-state index in [1.165, 1.54) is 10.9 Å². The molecule has 1 heterocycles. The summed E-state index contributed by atoms with van der Waals surface area (Å²) in [7, 11) is 1.65. The van der Waals surface area contributed by atoms with Gasteiger partial charge in [-0.15, -0.1) is 0 Å². The van der Waals surface area contributed by atoms with Gasteiger partial charge < -0.3 is 15.0 Å². The van der Waals surface area contributed by atoms with Crippen molar-refractivity contribution in [3.63, 3.8) is 0 Å². The molecule has 0 aliphatic carbocycles. The number of aromatic amines is 1. The summed E-state index contributed by atoms with van der Waals surface area (Å²) in [4.78, 5) is 3.21. The minimum absolute atomic E-state index is 0.687. The lowest BCUT2D eigenvalue weighted by Crippen LogP contribution is -2.00. The fourth-order valence-corrected chi connectivity index (χ4v) is 2.45. The second-order valence-corrected chi connectivity index (χ2v) is 4.96. The Labute approximate surface area is 122 Å². The standard InChI is InChI=1S/C16H15ClN2O/c1-20-12-5-6-14(17)16(9-12)19-10-11-3-2-4-15-13(11)7-8-18-15/h2-9,18-19H,10H2,1H3. The molecule has 3 aromatic rings. The molecule has 102 valence electrons. The summed E-state index contributed by atoms with van der Waals surface area (Å²) >= 11 is 6.19. The van der Waals surface area contributed by atoms with Crippen LogP contribution in [0.1, 0.15) is 5.56 Å². The number of halogens is 1. The Kier molecular flexibility index (Phi) is 3.52. The van der Waals surface area contributed by atoms with Crippen molar-refractivity contribution in [2.45, 2.75) is 6.54 Å². The summed E-state index contributed by atoms with van der Waals surface area (Å²) in [6, 6.07) is 13.9. The number of benzene rings is 2. The zero-order valence-electron chi connectivity index (χ0n) is 11.1. The van der Waals surface area contributed by atoms with Crippen LogP contribution in [0.4, 0.5) is 5.69 Å². The first kappa shape index (κ1) is 12.9. The molecule has 0 unspecified atom stereocenters. The van der Waals surface area contributed by atoms with E-state index in [9.17, 15) is 0 Å². The molecule has 0 fully saturated rings. The van der Waals surface area contributed by atoms with E-state index in [0.29, 0.717) is 11.6 Å². The largest absolute Gasteiger partial charge is 0.497 e. The van der Waals surface area contributed by atoms with Gasteiger partial charge >= 0.3 is 0 Å². The lowest BCUT2D eigenvalue weighted by molar-refractivity contribution is 0.415. The van der Waals surface area contributed by atoms with Crippen molar-refractivity contribution in [1.29, 1.82) is 0 Å². The van der Waals surface area contributed by atoms with E-state index in [0.717, 1.165) is 17.0 Å². The molecule has 0 radical (unpaired) electrons. The van der Waals surface area contributed by atoms with Crippen molar-refractivity contribution in [2.75, 3.05) is 12.4 Å². The zero-order valence-corrected chi connectivity index (χ0v) is 11.9. The van der Waals surface area contributed by atoms with Gasteiger partial charge in [0.15, 0.2) is 0 Å². The number of fused-ring (bicyclic) bond motifs is 1. The Morgan fingerprint density at radius 3 is 2.95 bits per heavy atom. The minimum Gasteiger partial charge on any atom is -0.497 e. The maximum atomic E-state index is 6.19. The Bertz CT molecular complexity index is 736. The highest BCUT2D eigenvalue weighted by atomic mass is 35.5. The van der Waals surface area contributed by atoms with Crippen molar-refractivity contribution in [2.24, 2.45) is 0 Å². The molecule has 2 aromatic carbocycles. The fraction of sp³-hybridized carbons (Fsp3) is 0.125. The maximum Gasteiger partial charge on any atom is 0.121 e. The summed E-state index contributed by atoms with van der Waals surface area (Å²) in [6.07, 6.45) is 1.95. The molecular formula is C16H15ClN2O. The van der Waals surface area contributed by atoms with E-state index in [2.05, 4.69) is 28.5 Å². The number of methoxy groups -OCH3 is 1. The molecule has 0 aliphatic heterocycles. The molecule has 0 spiro atoms. The minimum atomic E-state index is 0.687. The number of ether oxygens (including phenoxy) is 1. The maximum absolute atomic E-state index is 6.19. The second-order valence-electron chi connectivity index (χ2n) is 4.56. The summed E-state index contributed by atoms with van der Waals surface area (Å²) in [5.74, 6) is 0.789. The van der Waals surface area contributed by atoms with Gasteiger partial charge in [0.2, 0.25) is 0 Å². The van der Waals surface area contributed by atoms with Crippen LogP contribution in [0.25, 0.3) is 10.9 Å². The van der Waals surface area contributed by atoms with E-state index < -0.39 is 0 Å². The summed E-state index contributed by atoms with van der Waals surface area (Å²) in [6.45, 7) is 0.710. The smallest absolute Gasteiger partial charge is 0.121 e. The lowest BCUT2D eigenvalue weighted by Gasteiger charge is -2.11. The van der Waals surface area contributed by atoms with Gasteiger partial charge in [-0.2, -0.15) is 0 Å². The Hall–Kier alpha value is -2.13. The molecule has 4 heteroatoms. The first-order chi connectivity index (χ1) is 9.78. The Morgan fingerprint density at radius 1 is 1.20 bits per heavy atom. The molecule has 0 atom stereocenters. The van der Waals surface area contributed by atoms with E-state index >= 15 is 0 Å². The van der Waals surface area contributed by atoms with Gasteiger partial charge in [-0.25, -0.2) is 0 Å². The van der Waals surface area contributed by atoms with E-state index in [1.54, 1.807) is 7.11 Å². The summed E-state index contributed by atoms with van der Waals surface area (Å²) < 4.78 is 5.22. The average molecular weight is 287 g/mol. The summed E-state index contributed by atoms with van der Waals surface area (Å²) in [5, 5.41) is 5.27. The Balaban J connectivity index is 1.84. The van der Waals surface area contributed by atoms with Crippen LogP contribution >= 0.6 is 11.6 Å². The van der Waals surface area contributed by atoms with E-state index in [-0.39, 0.29) is 0 Å². The van der Waals surface area contributed by atoms with Gasteiger partial charge in [0.1, 0.15) is 5.75 Å². The topological polar surface area (TPSA) is 37.0 Å². The van der Waals surface area contributed by atoms with Crippen LogP contribution in [0.15, 0.2) is 48.7 Å². The predicted molar refractivity (Wildman–Crippen MR) is 83.6 cm³/mol. The number of anilines is 1. The first-order valence-corrected chi connectivity index (χ1v) is 6.78. The van der Waals surface area contributed by atoms with Gasteiger partial charge in [-0.3, -0.25) is 0 Å². The molecule has 2 N–H and O–H groups in total. The molecule has 0 bridgehead atoms. The van der Waals surface area contributed by atoms with Crippen molar-refractivity contribution < 1.29 is 4.74 Å². The highest BCUT2D eigenvalue weighted by Crippen LogP contribution is 2.27. The lowest BCUT2D eigenvalue weighted by atomic mass is 10.1. The quantitative estimate of drug-likeness (QED) is 0.744. The second kappa shape index (κ2) is 5.47. The molecule has 0 amide bonds.